The number of amides is 1. The van der Waals surface area contributed by atoms with Crippen LogP contribution < -0.4 is 5.32 Å². The maximum Gasteiger partial charge on any atom is 0.255 e. The molecule has 0 saturated heterocycles. The Bertz CT molecular complexity index is 757. The average molecular weight is 299 g/mol. The summed E-state index contributed by atoms with van der Waals surface area (Å²) in [4.78, 5) is 16.2. The van der Waals surface area contributed by atoms with E-state index in [4.69, 9.17) is 11.6 Å². The fourth-order valence-electron chi connectivity index (χ4n) is 1.92. The molecule has 3 rings (SSSR count). The monoisotopic (exact) mass is 298 g/mol. The van der Waals surface area contributed by atoms with Crippen LogP contribution in [-0.2, 0) is 0 Å². The van der Waals surface area contributed by atoms with Crippen LogP contribution in [0.15, 0.2) is 61.2 Å². The third kappa shape index (κ3) is 2.93. The second-order valence-corrected chi connectivity index (χ2v) is 4.76. The number of carbonyl (C=O) groups excluding carboxylic acids is 1. The highest BCUT2D eigenvalue weighted by Gasteiger charge is 2.11. The smallest absolute Gasteiger partial charge is 0.255 e. The Morgan fingerprint density at radius 2 is 1.95 bits per heavy atom. The molecule has 1 amide bonds. The van der Waals surface area contributed by atoms with E-state index in [1.54, 1.807) is 41.3 Å². The minimum Gasteiger partial charge on any atom is -0.320 e. The number of halogens is 1. The van der Waals surface area contributed by atoms with E-state index >= 15 is 0 Å². The SMILES string of the molecule is O=C(Nc1cc(Cl)ccc1-n1cncn1)c1ccccc1. The van der Waals surface area contributed by atoms with Gasteiger partial charge in [0.25, 0.3) is 5.91 Å². The van der Waals surface area contributed by atoms with Crippen LogP contribution in [0.3, 0.4) is 0 Å². The molecule has 0 aliphatic rings. The molecule has 6 heteroatoms. The first-order valence-corrected chi connectivity index (χ1v) is 6.63. The molecule has 0 saturated carbocycles. The number of rotatable bonds is 3. The molecule has 1 N–H and O–H groups in total. The highest BCUT2D eigenvalue weighted by molar-refractivity contribution is 6.31. The van der Waals surface area contributed by atoms with Gasteiger partial charge in [-0.15, -0.1) is 0 Å². The van der Waals surface area contributed by atoms with Crippen molar-refractivity contribution in [3.63, 3.8) is 0 Å². The van der Waals surface area contributed by atoms with Crippen molar-refractivity contribution < 1.29 is 4.79 Å². The molecule has 5 nitrogen and oxygen atoms in total. The van der Waals surface area contributed by atoms with E-state index in [-0.39, 0.29) is 5.91 Å². The number of hydrogen-bond acceptors (Lipinski definition) is 3. The van der Waals surface area contributed by atoms with Crippen LogP contribution in [0.25, 0.3) is 5.69 Å². The molecule has 0 unspecified atom stereocenters. The van der Waals surface area contributed by atoms with Gasteiger partial charge in [0.05, 0.1) is 11.4 Å². The zero-order valence-electron chi connectivity index (χ0n) is 10.9. The largest absolute Gasteiger partial charge is 0.320 e. The van der Waals surface area contributed by atoms with Crippen LogP contribution in [0.2, 0.25) is 5.02 Å². The van der Waals surface area contributed by atoms with Gasteiger partial charge in [-0.25, -0.2) is 9.67 Å². The first kappa shape index (κ1) is 13.3. The lowest BCUT2D eigenvalue weighted by atomic mass is 10.2. The van der Waals surface area contributed by atoms with E-state index in [9.17, 15) is 4.79 Å². The Hall–Kier alpha value is -2.66. The van der Waals surface area contributed by atoms with Crippen molar-refractivity contribution >= 4 is 23.2 Å². The zero-order valence-corrected chi connectivity index (χ0v) is 11.7. The lowest BCUT2D eigenvalue weighted by Gasteiger charge is -2.11. The normalized spacial score (nSPS) is 10.3. The standard InChI is InChI=1S/C15H11ClN4O/c16-12-6-7-14(20-10-17-9-18-20)13(8-12)19-15(21)11-4-2-1-3-5-11/h1-10H,(H,19,21). The lowest BCUT2D eigenvalue weighted by molar-refractivity contribution is 0.102. The lowest BCUT2D eigenvalue weighted by Crippen LogP contribution is -2.13. The van der Waals surface area contributed by atoms with Crippen molar-refractivity contribution in [3.8, 4) is 5.69 Å². The fraction of sp³-hybridized carbons (Fsp3) is 0. The fourth-order valence-corrected chi connectivity index (χ4v) is 2.10. The first-order chi connectivity index (χ1) is 10.2. The van der Waals surface area contributed by atoms with Gasteiger partial charge in [0.1, 0.15) is 12.7 Å². The molecule has 0 aliphatic heterocycles. The molecule has 0 radical (unpaired) electrons. The average Bonchev–Trinajstić information content (AvgIpc) is 3.02. The predicted molar refractivity (Wildman–Crippen MR) is 80.8 cm³/mol. The van der Waals surface area contributed by atoms with Crippen LogP contribution in [0.1, 0.15) is 10.4 Å². The van der Waals surface area contributed by atoms with Crippen LogP contribution in [0.5, 0.6) is 0 Å². The summed E-state index contributed by atoms with van der Waals surface area (Å²) >= 11 is 6.01. The highest BCUT2D eigenvalue weighted by atomic mass is 35.5. The number of nitrogens with one attached hydrogen (secondary N) is 1. The van der Waals surface area contributed by atoms with E-state index in [1.807, 2.05) is 18.2 Å². The minimum absolute atomic E-state index is 0.209. The summed E-state index contributed by atoms with van der Waals surface area (Å²) in [5, 5.41) is 7.44. The summed E-state index contributed by atoms with van der Waals surface area (Å²) in [5.41, 5.74) is 1.84. The second kappa shape index (κ2) is 5.76. The Balaban J connectivity index is 1.95. The van der Waals surface area contributed by atoms with Crippen LogP contribution >= 0.6 is 11.6 Å². The molecule has 0 bridgehead atoms. The molecule has 0 fully saturated rings. The van der Waals surface area contributed by atoms with Gasteiger partial charge in [-0.05, 0) is 30.3 Å². The van der Waals surface area contributed by atoms with E-state index in [0.29, 0.717) is 22.0 Å². The van der Waals surface area contributed by atoms with E-state index in [2.05, 4.69) is 15.4 Å². The molecule has 0 aliphatic carbocycles. The molecule has 1 heterocycles. The number of benzene rings is 2. The molecule has 0 atom stereocenters. The number of hydrogen-bond donors (Lipinski definition) is 1. The van der Waals surface area contributed by atoms with Crippen LogP contribution in [0.4, 0.5) is 5.69 Å². The number of nitrogens with zero attached hydrogens (tertiary/aromatic N) is 3. The van der Waals surface area contributed by atoms with E-state index in [0.717, 1.165) is 0 Å². The van der Waals surface area contributed by atoms with E-state index in [1.165, 1.54) is 6.33 Å². The minimum atomic E-state index is -0.209. The number of carbonyl (C=O) groups is 1. The van der Waals surface area contributed by atoms with Crippen LogP contribution in [0, 0.1) is 0 Å². The molecule has 1 aromatic heterocycles. The number of anilines is 1. The summed E-state index contributed by atoms with van der Waals surface area (Å²) in [5.74, 6) is -0.209. The zero-order chi connectivity index (χ0) is 14.7. The third-order valence-electron chi connectivity index (χ3n) is 2.91. The maximum atomic E-state index is 12.2. The van der Waals surface area contributed by atoms with Gasteiger partial charge in [-0.1, -0.05) is 29.8 Å². The predicted octanol–water partition coefficient (Wildman–Crippen LogP) is 3.17. The quantitative estimate of drug-likeness (QED) is 0.808. The summed E-state index contributed by atoms with van der Waals surface area (Å²) in [7, 11) is 0. The molecular formula is C15H11ClN4O. The van der Waals surface area contributed by atoms with Gasteiger partial charge in [-0.3, -0.25) is 4.79 Å². The van der Waals surface area contributed by atoms with Gasteiger partial charge < -0.3 is 5.32 Å². The van der Waals surface area contributed by atoms with Crippen molar-refractivity contribution in [2.45, 2.75) is 0 Å². The second-order valence-electron chi connectivity index (χ2n) is 4.32. The summed E-state index contributed by atoms with van der Waals surface area (Å²) in [6.07, 6.45) is 2.98. The maximum absolute atomic E-state index is 12.2. The molecule has 0 spiro atoms. The molecule has 21 heavy (non-hydrogen) atoms. The Kier molecular flexibility index (Phi) is 3.66. The molecule has 104 valence electrons. The van der Waals surface area contributed by atoms with Crippen LogP contribution in [-0.4, -0.2) is 20.7 Å². The van der Waals surface area contributed by atoms with Crippen molar-refractivity contribution in [1.29, 1.82) is 0 Å². The highest BCUT2D eigenvalue weighted by Crippen LogP contribution is 2.24. The first-order valence-electron chi connectivity index (χ1n) is 6.25. The number of aromatic nitrogens is 3. The van der Waals surface area contributed by atoms with Gasteiger partial charge in [0.15, 0.2) is 0 Å². The summed E-state index contributed by atoms with van der Waals surface area (Å²) in [6.45, 7) is 0. The van der Waals surface area contributed by atoms with Gasteiger partial charge in [0.2, 0.25) is 0 Å². The van der Waals surface area contributed by atoms with Gasteiger partial charge in [0, 0.05) is 10.6 Å². The Morgan fingerprint density at radius 1 is 1.14 bits per heavy atom. The van der Waals surface area contributed by atoms with Crippen molar-refractivity contribution in [1.82, 2.24) is 14.8 Å². The Morgan fingerprint density at radius 3 is 2.67 bits per heavy atom. The van der Waals surface area contributed by atoms with E-state index < -0.39 is 0 Å². The Labute approximate surface area is 126 Å². The van der Waals surface area contributed by atoms with Crippen molar-refractivity contribution in [2.24, 2.45) is 0 Å². The van der Waals surface area contributed by atoms with Gasteiger partial charge in [-0.2, -0.15) is 5.10 Å². The summed E-state index contributed by atoms with van der Waals surface area (Å²) < 4.78 is 1.57. The molecular weight excluding hydrogens is 288 g/mol. The van der Waals surface area contributed by atoms with Crippen molar-refractivity contribution in [3.05, 3.63) is 71.8 Å². The summed E-state index contributed by atoms with van der Waals surface area (Å²) in [6, 6.07) is 14.2. The van der Waals surface area contributed by atoms with Gasteiger partial charge >= 0.3 is 0 Å². The van der Waals surface area contributed by atoms with Crippen molar-refractivity contribution in [2.75, 3.05) is 5.32 Å². The topological polar surface area (TPSA) is 59.8 Å². The molecule has 2 aromatic carbocycles. The molecule has 3 aromatic rings. The third-order valence-corrected chi connectivity index (χ3v) is 3.14.